The van der Waals surface area contributed by atoms with Crippen molar-refractivity contribution in [2.75, 3.05) is 0 Å². The zero-order valence-corrected chi connectivity index (χ0v) is 10.6. The largest absolute Gasteiger partial charge is 0.348 e. The lowest BCUT2D eigenvalue weighted by atomic mass is 10.3. The van der Waals surface area contributed by atoms with Crippen molar-refractivity contribution >= 4 is 28.7 Å². The van der Waals surface area contributed by atoms with Gasteiger partial charge in [0.1, 0.15) is 0 Å². The van der Waals surface area contributed by atoms with Crippen LogP contribution in [0.25, 0.3) is 0 Å². The van der Waals surface area contributed by atoms with Gasteiger partial charge in [-0.05, 0) is 19.1 Å². The molecule has 2 aromatic rings. The molecule has 2 rings (SSSR count). The van der Waals surface area contributed by atoms with E-state index in [9.17, 15) is 9.59 Å². The Balaban J connectivity index is 2.24. The molecule has 88 valence electrons. The Labute approximate surface area is 106 Å². The first kappa shape index (κ1) is 12.0. The van der Waals surface area contributed by atoms with Crippen molar-refractivity contribution in [2.24, 2.45) is 0 Å². The maximum Gasteiger partial charge on any atom is 0.348 e. The van der Waals surface area contributed by atoms with Crippen molar-refractivity contribution in [3.8, 4) is 0 Å². The molecule has 2 heterocycles. The lowest BCUT2D eigenvalue weighted by molar-refractivity contribution is 0.0974. The molecule has 2 aromatic heterocycles. The fraction of sp³-hybridized carbons (Fsp3) is 0.182. The molecule has 0 bridgehead atoms. The number of carbonyl (C=O) groups excluding carboxylic acids is 1. The molecule has 17 heavy (non-hydrogen) atoms. The van der Waals surface area contributed by atoms with Gasteiger partial charge in [-0.2, -0.15) is 0 Å². The summed E-state index contributed by atoms with van der Waals surface area (Å²) < 4.78 is 1.21. The van der Waals surface area contributed by atoms with Gasteiger partial charge in [0.05, 0.1) is 22.6 Å². The fourth-order valence-corrected chi connectivity index (χ4v) is 2.32. The highest BCUT2D eigenvalue weighted by atomic mass is 35.5. The molecule has 0 saturated carbocycles. The highest BCUT2D eigenvalue weighted by Crippen LogP contribution is 2.16. The smallest absolute Gasteiger partial charge is 0.291 e. The van der Waals surface area contributed by atoms with Gasteiger partial charge in [0.15, 0.2) is 5.78 Å². The van der Waals surface area contributed by atoms with Gasteiger partial charge in [-0.25, -0.2) is 9.78 Å². The average molecular weight is 269 g/mol. The minimum absolute atomic E-state index is 0.0354. The van der Waals surface area contributed by atoms with Crippen LogP contribution >= 0.6 is 22.9 Å². The van der Waals surface area contributed by atoms with E-state index in [1.54, 1.807) is 6.07 Å². The third-order valence-corrected chi connectivity index (χ3v) is 3.39. The van der Waals surface area contributed by atoms with E-state index in [4.69, 9.17) is 11.6 Å². The normalized spacial score (nSPS) is 10.5. The van der Waals surface area contributed by atoms with Crippen molar-refractivity contribution in [1.29, 1.82) is 0 Å². The van der Waals surface area contributed by atoms with Crippen molar-refractivity contribution in [3.63, 3.8) is 0 Å². The fourth-order valence-electron chi connectivity index (χ4n) is 1.36. The predicted molar refractivity (Wildman–Crippen MR) is 66.9 cm³/mol. The van der Waals surface area contributed by atoms with Crippen LogP contribution in [0.3, 0.4) is 0 Å². The number of ketones is 1. The molecular weight excluding hydrogens is 260 g/mol. The van der Waals surface area contributed by atoms with E-state index in [2.05, 4.69) is 4.98 Å². The number of aromatic nitrogens is 2. The Morgan fingerprint density at radius 1 is 1.53 bits per heavy atom. The van der Waals surface area contributed by atoms with E-state index >= 15 is 0 Å². The van der Waals surface area contributed by atoms with E-state index in [0.717, 1.165) is 4.88 Å². The summed E-state index contributed by atoms with van der Waals surface area (Å²) in [6.07, 6.45) is 2.68. The van der Waals surface area contributed by atoms with E-state index in [1.165, 1.54) is 28.3 Å². The molecule has 0 aliphatic heterocycles. The maximum absolute atomic E-state index is 11.9. The van der Waals surface area contributed by atoms with Gasteiger partial charge in [-0.1, -0.05) is 11.6 Å². The van der Waals surface area contributed by atoms with Crippen molar-refractivity contribution < 1.29 is 4.79 Å². The maximum atomic E-state index is 11.9. The third kappa shape index (κ3) is 2.81. The molecule has 4 nitrogen and oxygen atoms in total. The summed E-state index contributed by atoms with van der Waals surface area (Å²) in [5, 5.41) is 0.333. The summed E-state index contributed by atoms with van der Waals surface area (Å²) in [5.41, 5.74) is -0.476. The number of thiophene rings is 1. The van der Waals surface area contributed by atoms with Gasteiger partial charge in [0.25, 0.3) is 0 Å². The van der Waals surface area contributed by atoms with E-state index in [1.807, 2.05) is 13.0 Å². The molecule has 6 heteroatoms. The summed E-state index contributed by atoms with van der Waals surface area (Å²) in [6, 6.07) is 3.63. The van der Waals surface area contributed by atoms with Gasteiger partial charge in [-0.3, -0.25) is 9.36 Å². The first-order valence-corrected chi connectivity index (χ1v) is 6.07. The zero-order chi connectivity index (χ0) is 12.4. The number of hydrogen-bond donors (Lipinski definition) is 0. The summed E-state index contributed by atoms with van der Waals surface area (Å²) in [7, 11) is 0. The molecule has 0 amide bonds. The van der Waals surface area contributed by atoms with Gasteiger partial charge in [0, 0.05) is 11.1 Å². The van der Waals surface area contributed by atoms with Crippen molar-refractivity contribution in [1.82, 2.24) is 9.55 Å². The molecule has 0 fully saturated rings. The number of rotatable bonds is 3. The van der Waals surface area contributed by atoms with Crippen molar-refractivity contribution in [3.05, 3.63) is 49.8 Å². The molecule has 0 aliphatic rings. The standard InChI is InChI=1S/C11H9ClN2O2S/c1-7-2-3-10(17-7)9(15)6-14-5-8(12)4-13-11(14)16/h2-5H,6H2,1H3. The summed E-state index contributed by atoms with van der Waals surface area (Å²) >= 11 is 7.13. The molecule has 0 radical (unpaired) electrons. The predicted octanol–water partition coefficient (Wildman–Crippen LogP) is 2.15. The Hall–Kier alpha value is -1.46. The van der Waals surface area contributed by atoms with Crippen LogP contribution in [-0.4, -0.2) is 15.3 Å². The second-order valence-electron chi connectivity index (χ2n) is 3.52. The van der Waals surface area contributed by atoms with Crippen LogP contribution < -0.4 is 5.69 Å². The molecule has 0 atom stereocenters. The average Bonchev–Trinajstić information content (AvgIpc) is 2.70. The highest BCUT2D eigenvalue weighted by Gasteiger charge is 2.10. The Bertz CT molecular complexity index is 618. The Morgan fingerprint density at radius 2 is 2.29 bits per heavy atom. The number of hydrogen-bond acceptors (Lipinski definition) is 4. The monoisotopic (exact) mass is 268 g/mol. The highest BCUT2D eigenvalue weighted by molar-refractivity contribution is 7.14. The van der Waals surface area contributed by atoms with Crippen molar-refractivity contribution in [2.45, 2.75) is 13.5 Å². The molecule has 0 N–H and O–H groups in total. The zero-order valence-electron chi connectivity index (χ0n) is 9.01. The lowest BCUT2D eigenvalue weighted by Gasteiger charge is -2.02. The first-order chi connectivity index (χ1) is 8.06. The summed E-state index contributed by atoms with van der Waals surface area (Å²) in [4.78, 5) is 28.5. The number of nitrogens with zero attached hydrogens (tertiary/aromatic N) is 2. The molecule has 0 aliphatic carbocycles. The van der Waals surface area contributed by atoms with Crippen LogP contribution in [-0.2, 0) is 6.54 Å². The van der Waals surface area contributed by atoms with E-state index in [0.29, 0.717) is 9.90 Å². The number of aryl methyl sites for hydroxylation is 1. The lowest BCUT2D eigenvalue weighted by Crippen LogP contribution is -2.25. The SMILES string of the molecule is Cc1ccc(C(=O)Cn2cc(Cl)cnc2=O)s1. The van der Waals surface area contributed by atoms with Crippen LogP contribution in [0, 0.1) is 6.92 Å². The Morgan fingerprint density at radius 3 is 2.94 bits per heavy atom. The number of Topliss-reactive ketones (excluding diaryl/α,β-unsaturated/α-hetero) is 1. The Kier molecular flexibility index (Phi) is 3.40. The molecule has 0 saturated heterocycles. The molecule has 0 unspecified atom stereocenters. The second-order valence-corrected chi connectivity index (χ2v) is 5.24. The summed E-state index contributed by atoms with van der Waals surface area (Å²) in [6.45, 7) is 1.89. The van der Waals surface area contributed by atoms with Crippen LogP contribution in [0.1, 0.15) is 14.5 Å². The van der Waals surface area contributed by atoms with E-state index in [-0.39, 0.29) is 12.3 Å². The molecule has 0 aromatic carbocycles. The first-order valence-electron chi connectivity index (χ1n) is 4.88. The minimum Gasteiger partial charge on any atom is -0.291 e. The number of carbonyl (C=O) groups is 1. The minimum atomic E-state index is -0.476. The van der Waals surface area contributed by atoms with E-state index < -0.39 is 5.69 Å². The van der Waals surface area contributed by atoms with Gasteiger partial charge in [0.2, 0.25) is 0 Å². The van der Waals surface area contributed by atoms with Gasteiger partial charge < -0.3 is 0 Å². The topological polar surface area (TPSA) is 52.0 Å². The van der Waals surface area contributed by atoms with Crippen LogP contribution in [0.4, 0.5) is 0 Å². The molecular formula is C11H9ClN2O2S. The van der Waals surface area contributed by atoms with Crippen LogP contribution in [0.2, 0.25) is 5.02 Å². The summed E-state index contributed by atoms with van der Waals surface area (Å²) in [5.74, 6) is -0.116. The van der Waals surface area contributed by atoms with Crippen LogP contribution in [0.5, 0.6) is 0 Å². The number of halogens is 1. The van der Waals surface area contributed by atoms with Gasteiger partial charge >= 0.3 is 5.69 Å². The van der Waals surface area contributed by atoms with Gasteiger partial charge in [-0.15, -0.1) is 11.3 Å². The third-order valence-electron chi connectivity index (χ3n) is 2.15. The quantitative estimate of drug-likeness (QED) is 0.802. The molecule has 0 spiro atoms. The van der Waals surface area contributed by atoms with Crippen LogP contribution in [0.15, 0.2) is 29.3 Å². The second kappa shape index (κ2) is 4.81.